The summed E-state index contributed by atoms with van der Waals surface area (Å²) in [5, 5.41) is 5.34. The van der Waals surface area contributed by atoms with E-state index in [1.54, 1.807) is 12.1 Å². The number of hydrogen-bond donors (Lipinski definition) is 2. The standard InChI is InChI=1S/C19H22N4O5/c1-4-7-20-18(25)11-21-17(24)6-5-8-23-12-22-14-10-16(28-3)15(27-2)9-13(14)19(23)26/h1,9-10,12H,5-8,11H2,2-3H3,(H,20,25)(H,21,24). The lowest BCUT2D eigenvalue weighted by atomic mass is 10.2. The van der Waals surface area contributed by atoms with Gasteiger partial charge in [0, 0.05) is 19.0 Å². The number of rotatable bonds is 9. The minimum Gasteiger partial charge on any atom is -0.493 e. The Morgan fingerprint density at radius 3 is 2.57 bits per heavy atom. The Balaban J connectivity index is 1.96. The number of hydrogen-bond acceptors (Lipinski definition) is 6. The first-order valence-electron chi connectivity index (χ1n) is 8.58. The Kier molecular flexibility index (Phi) is 7.39. The number of benzene rings is 1. The van der Waals surface area contributed by atoms with E-state index in [9.17, 15) is 14.4 Å². The minimum atomic E-state index is -0.356. The third kappa shape index (κ3) is 5.23. The molecule has 0 bridgehead atoms. The maximum Gasteiger partial charge on any atom is 0.261 e. The van der Waals surface area contributed by atoms with E-state index >= 15 is 0 Å². The molecule has 0 aliphatic carbocycles. The van der Waals surface area contributed by atoms with Crippen molar-refractivity contribution in [2.75, 3.05) is 27.3 Å². The van der Waals surface area contributed by atoms with Gasteiger partial charge in [0.2, 0.25) is 11.8 Å². The molecule has 1 heterocycles. The molecule has 0 fully saturated rings. The summed E-state index contributed by atoms with van der Waals surface area (Å²) in [6, 6.07) is 3.22. The molecule has 1 aromatic carbocycles. The molecule has 0 atom stereocenters. The van der Waals surface area contributed by atoms with Crippen LogP contribution in [0.3, 0.4) is 0 Å². The summed E-state index contributed by atoms with van der Waals surface area (Å²) in [6.07, 6.45) is 7.05. The minimum absolute atomic E-state index is 0.114. The maximum atomic E-state index is 12.6. The number of methoxy groups -OCH3 is 2. The third-order valence-corrected chi connectivity index (χ3v) is 3.97. The van der Waals surface area contributed by atoms with Gasteiger partial charge in [0.25, 0.3) is 5.56 Å². The Morgan fingerprint density at radius 1 is 1.18 bits per heavy atom. The lowest BCUT2D eigenvalue weighted by Crippen LogP contribution is -2.37. The first-order chi connectivity index (χ1) is 13.5. The molecular weight excluding hydrogens is 364 g/mol. The SMILES string of the molecule is C#CCNC(=O)CNC(=O)CCCn1cnc2cc(OC)c(OC)cc2c1=O. The second kappa shape index (κ2) is 9.97. The van der Waals surface area contributed by atoms with Crippen LogP contribution in [0.25, 0.3) is 10.9 Å². The molecule has 1 aromatic heterocycles. The lowest BCUT2D eigenvalue weighted by Gasteiger charge is -2.10. The quantitative estimate of drug-likeness (QED) is 0.590. The fourth-order valence-corrected chi connectivity index (χ4v) is 2.53. The fourth-order valence-electron chi connectivity index (χ4n) is 2.53. The molecule has 28 heavy (non-hydrogen) atoms. The first kappa shape index (κ1) is 20.8. The molecule has 9 nitrogen and oxygen atoms in total. The van der Waals surface area contributed by atoms with Gasteiger partial charge in [-0.2, -0.15) is 0 Å². The van der Waals surface area contributed by atoms with E-state index in [0.29, 0.717) is 35.4 Å². The summed E-state index contributed by atoms with van der Waals surface area (Å²) in [6.45, 7) is 0.287. The molecule has 0 unspecified atom stereocenters. The zero-order chi connectivity index (χ0) is 20.5. The molecule has 2 N–H and O–H groups in total. The molecule has 2 amide bonds. The van der Waals surface area contributed by atoms with Gasteiger partial charge in [-0.25, -0.2) is 4.98 Å². The fraction of sp³-hybridized carbons (Fsp3) is 0.368. The van der Waals surface area contributed by atoms with Crippen molar-refractivity contribution in [3.05, 3.63) is 28.8 Å². The number of nitrogens with zero attached hydrogens (tertiary/aromatic N) is 2. The summed E-state index contributed by atoms with van der Waals surface area (Å²) < 4.78 is 11.9. The molecule has 9 heteroatoms. The van der Waals surface area contributed by atoms with Crippen molar-refractivity contribution in [2.45, 2.75) is 19.4 Å². The molecule has 148 valence electrons. The highest BCUT2D eigenvalue weighted by Crippen LogP contribution is 2.29. The third-order valence-electron chi connectivity index (χ3n) is 3.97. The van der Waals surface area contributed by atoms with Crippen LogP contribution in [0.4, 0.5) is 0 Å². The molecule has 0 spiro atoms. The van der Waals surface area contributed by atoms with Crippen molar-refractivity contribution >= 4 is 22.7 Å². The molecule has 0 radical (unpaired) electrons. The van der Waals surface area contributed by atoms with Gasteiger partial charge in [0.1, 0.15) is 0 Å². The molecule has 0 saturated heterocycles. The van der Waals surface area contributed by atoms with Crippen molar-refractivity contribution in [3.63, 3.8) is 0 Å². The average molecular weight is 386 g/mol. The highest BCUT2D eigenvalue weighted by Gasteiger charge is 2.11. The van der Waals surface area contributed by atoms with Crippen LogP contribution < -0.4 is 25.7 Å². The van der Waals surface area contributed by atoms with Crippen LogP contribution >= 0.6 is 0 Å². The van der Waals surface area contributed by atoms with Crippen LogP contribution in [-0.4, -0.2) is 48.7 Å². The second-order valence-electron chi connectivity index (χ2n) is 5.83. The van der Waals surface area contributed by atoms with Gasteiger partial charge in [-0.1, -0.05) is 5.92 Å². The first-order valence-corrected chi connectivity index (χ1v) is 8.58. The van der Waals surface area contributed by atoms with Crippen LogP contribution in [-0.2, 0) is 16.1 Å². The van der Waals surface area contributed by atoms with Crippen LogP contribution in [0.1, 0.15) is 12.8 Å². The van der Waals surface area contributed by atoms with Gasteiger partial charge in [0.05, 0.1) is 44.5 Å². The molecule has 2 aromatic rings. The van der Waals surface area contributed by atoms with Crippen LogP contribution in [0.5, 0.6) is 11.5 Å². The van der Waals surface area contributed by atoms with E-state index in [0.717, 1.165) is 0 Å². The molecular formula is C19H22N4O5. The van der Waals surface area contributed by atoms with Gasteiger partial charge >= 0.3 is 0 Å². The number of aromatic nitrogens is 2. The maximum absolute atomic E-state index is 12.6. The second-order valence-corrected chi connectivity index (χ2v) is 5.83. The molecule has 0 aliphatic rings. The topological polar surface area (TPSA) is 112 Å². The normalized spacial score (nSPS) is 10.2. The van der Waals surface area contributed by atoms with Gasteiger partial charge in [-0.3, -0.25) is 19.0 Å². The van der Waals surface area contributed by atoms with Crippen LogP contribution in [0.2, 0.25) is 0 Å². The number of nitrogens with one attached hydrogen (secondary N) is 2. The smallest absolute Gasteiger partial charge is 0.261 e. The summed E-state index contributed by atoms with van der Waals surface area (Å²) >= 11 is 0. The van der Waals surface area contributed by atoms with Crippen LogP contribution in [0.15, 0.2) is 23.3 Å². The monoisotopic (exact) mass is 386 g/mol. The number of terminal acetylenes is 1. The zero-order valence-corrected chi connectivity index (χ0v) is 15.8. The Labute approximate surface area is 162 Å². The van der Waals surface area contributed by atoms with Crippen molar-refractivity contribution in [1.29, 1.82) is 0 Å². The van der Waals surface area contributed by atoms with E-state index in [-0.39, 0.29) is 36.9 Å². The predicted octanol–water partition coefficient (Wildman–Crippen LogP) is 0.0595. The van der Waals surface area contributed by atoms with Crippen molar-refractivity contribution < 1.29 is 19.1 Å². The van der Waals surface area contributed by atoms with Crippen molar-refractivity contribution in [3.8, 4) is 23.8 Å². The number of amides is 2. The summed E-state index contributed by atoms with van der Waals surface area (Å²) in [5.74, 6) is 2.56. The number of ether oxygens (including phenoxy) is 2. The zero-order valence-electron chi connectivity index (χ0n) is 15.8. The number of carbonyl (C=O) groups is 2. The van der Waals surface area contributed by atoms with Crippen LogP contribution in [0, 0.1) is 12.3 Å². The van der Waals surface area contributed by atoms with Gasteiger partial charge in [-0.15, -0.1) is 6.42 Å². The highest BCUT2D eigenvalue weighted by atomic mass is 16.5. The van der Waals surface area contributed by atoms with E-state index in [2.05, 4.69) is 21.5 Å². The van der Waals surface area contributed by atoms with Crippen molar-refractivity contribution in [2.24, 2.45) is 0 Å². The lowest BCUT2D eigenvalue weighted by molar-refractivity contribution is -0.126. The number of aryl methyl sites for hydroxylation is 1. The predicted molar refractivity (Wildman–Crippen MR) is 103 cm³/mol. The summed E-state index contributed by atoms with van der Waals surface area (Å²) in [5.41, 5.74) is 0.259. The van der Waals surface area contributed by atoms with E-state index in [1.807, 2.05) is 0 Å². The molecule has 2 rings (SSSR count). The molecule has 0 saturated carbocycles. The highest BCUT2D eigenvalue weighted by molar-refractivity contribution is 5.84. The van der Waals surface area contributed by atoms with Gasteiger partial charge < -0.3 is 20.1 Å². The number of carbonyl (C=O) groups excluding carboxylic acids is 2. The van der Waals surface area contributed by atoms with Crippen molar-refractivity contribution in [1.82, 2.24) is 20.2 Å². The average Bonchev–Trinajstić information content (AvgIpc) is 2.71. The van der Waals surface area contributed by atoms with E-state index in [4.69, 9.17) is 15.9 Å². The van der Waals surface area contributed by atoms with E-state index in [1.165, 1.54) is 25.1 Å². The van der Waals surface area contributed by atoms with Gasteiger partial charge in [0.15, 0.2) is 11.5 Å². The number of fused-ring (bicyclic) bond motifs is 1. The van der Waals surface area contributed by atoms with Gasteiger partial charge in [-0.05, 0) is 12.5 Å². The Morgan fingerprint density at radius 2 is 1.89 bits per heavy atom. The largest absolute Gasteiger partial charge is 0.493 e. The molecule has 0 aliphatic heterocycles. The Bertz CT molecular complexity index is 961. The summed E-state index contributed by atoms with van der Waals surface area (Å²) in [7, 11) is 3.00. The Hall–Kier alpha value is -3.54. The van der Waals surface area contributed by atoms with E-state index < -0.39 is 0 Å². The summed E-state index contributed by atoms with van der Waals surface area (Å²) in [4.78, 5) is 40.1.